The van der Waals surface area contributed by atoms with Crippen LogP contribution >= 0.6 is 11.3 Å². The monoisotopic (exact) mass is 249 g/mol. The summed E-state index contributed by atoms with van der Waals surface area (Å²) >= 11 is 1.14. The minimum absolute atomic E-state index is 0.184. The summed E-state index contributed by atoms with van der Waals surface area (Å²) in [7, 11) is 0. The number of carbonyl (C=O) groups is 1. The molecule has 1 heterocycles. The minimum Gasteiger partial charge on any atom is -0.479 e. The summed E-state index contributed by atoms with van der Waals surface area (Å²) in [5, 5.41) is 20.6. The number of aliphatic hydroxyl groups is 1. The van der Waals surface area contributed by atoms with Gasteiger partial charge in [0.15, 0.2) is 0 Å². The fraction of sp³-hybridized carbons (Fsp3) is 0.167. The quantitative estimate of drug-likeness (QED) is 0.874. The van der Waals surface area contributed by atoms with E-state index in [2.05, 4.69) is 4.98 Å². The van der Waals surface area contributed by atoms with Crippen LogP contribution in [-0.2, 0) is 10.4 Å². The number of carboxylic acids is 1. The molecule has 2 rings (SSSR count). The predicted molar refractivity (Wildman–Crippen MR) is 64.8 cm³/mol. The highest BCUT2D eigenvalue weighted by atomic mass is 32.1. The molecule has 0 aliphatic heterocycles. The second-order valence-corrected chi connectivity index (χ2v) is 4.64. The summed E-state index contributed by atoms with van der Waals surface area (Å²) < 4.78 is 0. The lowest BCUT2D eigenvalue weighted by Crippen LogP contribution is -2.31. The van der Waals surface area contributed by atoms with E-state index in [0.717, 1.165) is 16.9 Å². The zero-order chi connectivity index (χ0) is 12.5. The molecule has 2 aromatic rings. The van der Waals surface area contributed by atoms with Crippen LogP contribution in [0.1, 0.15) is 11.9 Å². The van der Waals surface area contributed by atoms with Gasteiger partial charge < -0.3 is 10.2 Å². The van der Waals surface area contributed by atoms with Gasteiger partial charge in [0.2, 0.25) is 5.60 Å². The van der Waals surface area contributed by atoms with E-state index in [9.17, 15) is 9.90 Å². The van der Waals surface area contributed by atoms with E-state index in [1.165, 1.54) is 6.92 Å². The topological polar surface area (TPSA) is 70.4 Å². The highest BCUT2D eigenvalue weighted by molar-refractivity contribution is 7.10. The Morgan fingerprint density at radius 1 is 1.35 bits per heavy atom. The van der Waals surface area contributed by atoms with E-state index >= 15 is 0 Å². The second kappa shape index (κ2) is 4.27. The molecule has 0 amide bonds. The molecule has 88 valence electrons. The largest absolute Gasteiger partial charge is 0.479 e. The first kappa shape index (κ1) is 11.8. The average molecular weight is 249 g/mol. The predicted octanol–water partition coefficient (Wildman–Crippen LogP) is 2.10. The Kier molecular flexibility index (Phi) is 2.95. The Hall–Kier alpha value is -1.72. The maximum Gasteiger partial charge on any atom is 0.342 e. The molecule has 0 saturated heterocycles. The van der Waals surface area contributed by atoms with Crippen LogP contribution in [0.5, 0.6) is 0 Å². The van der Waals surface area contributed by atoms with Crippen molar-refractivity contribution in [3.63, 3.8) is 0 Å². The van der Waals surface area contributed by atoms with Gasteiger partial charge in [0.1, 0.15) is 5.01 Å². The molecular weight excluding hydrogens is 238 g/mol. The maximum absolute atomic E-state index is 10.9. The molecule has 5 heteroatoms. The molecular formula is C12H11NO3S. The van der Waals surface area contributed by atoms with Gasteiger partial charge in [-0.2, -0.15) is 0 Å². The summed E-state index contributed by atoms with van der Waals surface area (Å²) in [6.07, 6.45) is 0. The molecule has 1 atom stereocenters. The highest BCUT2D eigenvalue weighted by Gasteiger charge is 2.35. The van der Waals surface area contributed by atoms with Crippen LogP contribution in [-0.4, -0.2) is 21.2 Å². The fourth-order valence-electron chi connectivity index (χ4n) is 1.33. The molecule has 0 aliphatic rings. The zero-order valence-electron chi connectivity index (χ0n) is 9.12. The van der Waals surface area contributed by atoms with Crippen molar-refractivity contribution in [2.75, 3.05) is 0 Å². The van der Waals surface area contributed by atoms with E-state index < -0.39 is 11.6 Å². The van der Waals surface area contributed by atoms with E-state index in [0.29, 0.717) is 5.69 Å². The number of hydrogen-bond donors (Lipinski definition) is 2. The molecule has 0 fully saturated rings. The van der Waals surface area contributed by atoms with Crippen molar-refractivity contribution in [1.82, 2.24) is 4.98 Å². The van der Waals surface area contributed by atoms with Crippen LogP contribution in [0.25, 0.3) is 11.3 Å². The van der Waals surface area contributed by atoms with Gasteiger partial charge in [-0.3, -0.25) is 0 Å². The van der Waals surface area contributed by atoms with E-state index in [-0.39, 0.29) is 5.01 Å². The molecule has 0 radical (unpaired) electrons. The van der Waals surface area contributed by atoms with Crippen molar-refractivity contribution in [3.05, 3.63) is 40.7 Å². The van der Waals surface area contributed by atoms with Crippen molar-refractivity contribution in [2.45, 2.75) is 12.5 Å². The van der Waals surface area contributed by atoms with Crippen LogP contribution < -0.4 is 0 Å². The van der Waals surface area contributed by atoms with E-state index in [1.54, 1.807) is 5.38 Å². The standard InChI is InChI=1S/C12H11NO3S/c1-12(16,11(14)15)10-13-9(7-17-10)8-5-3-2-4-6-8/h2-7,16H,1H3,(H,14,15)/t12-/m1/s1. The molecule has 17 heavy (non-hydrogen) atoms. The first-order valence-electron chi connectivity index (χ1n) is 4.99. The minimum atomic E-state index is -1.93. The molecule has 0 unspecified atom stereocenters. The Morgan fingerprint density at radius 2 is 2.00 bits per heavy atom. The smallest absolute Gasteiger partial charge is 0.342 e. The zero-order valence-corrected chi connectivity index (χ0v) is 9.94. The van der Waals surface area contributed by atoms with Crippen molar-refractivity contribution < 1.29 is 15.0 Å². The molecule has 1 aromatic carbocycles. The van der Waals surface area contributed by atoms with Crippen LogP contribution in [0.4, 0.5) is 0 Å². The normalized spacial score (nSPS) is 14.2. The molecule has 4 nitrogen and oxygen atoms in total. The Bertz CT molecular complexity index is 534. The highest BCUT2D eigenvalue weighted by Crippen LogP contribution is 2.28. The van der Waals surface area contributed by atoms with Gasteiger partial charge in [-0.05, 0) is 6.92 Å². The lowest BCUT2D eigenvalue weighted by molar-refractivity contribution is -0.157. The Balaban J connectivity index is 2.38. The second-order valence-electron chi connectivity index (χ2n) is 3.78. The molecule has 0 bridgehead atoms. The Labute approximate surface area is 102 Å². The van der Waals surface area contributed by atoms with Crippen molar-refractivity contribution in [1.29, 1.82) is 0 Å². The van der Waals surface area contributed by atoms with Gasteiger partial charge in [-0.1, -0.05) is 30.3 Å². The number of carboxylic acid groups (broad SMARTS) is 1. The van der Waals surface area contributed by atoms with Crippen LogP contribution in [0.3, 0.4) is 0 Å². The first-order chi connectivity index (χ1) is 8.01. The molecule has 2 N–H and O–H groups in total. The average Bonchev–Trinajstić information content (AvgIpc) is 2.80. The van der Waals surface area contributed by atoms with Gasteiger partial charge in [0.25, 0.3) is 0 Å². The summed E-state index contributed by atoms with van der Waals surface area (Å²) in [5.74, 6) is -1.30. The third kappa shape index (κ3) is 2.20. The van der Waals surface area contributed by atoms with Crippen LogP contribution in [0, 0.1) is 0 Å². The lowest BCUT2D eigenvalue weighted by atomic mass is 10.1. The van der Waals surface area contributed by atoms with Gasteiger partial charge in [-0.15, -0.1) is 11.3 Å². The number of nitrogens with zero attached hydrogens (tertiary/aromatic N) is 1. The number of aliphatic carboxylic acids is 1. The number of rotatable bonds is 3. The number of hydrogen-bond acceptors (Lipinski definition) is 4. The van der Waals surface area contributed by atoms with Crippen molar-refractivity contribution in [3.8, 4) is 11.3 Å². The van der Waals surface area contributed by atoms with Crippen LogP contribution in [0.2, 0.25) is 0 Å². The third-order valence-electron chi connectivity index (χ3n) is 2.41. The number of thiazole rings is 1. The molecule has 1 aromatic heterocycles. The van der Waals surface area contributed by atoms with Gasteiger partial charge >= 0.3 is 5.97 Å². The van der Waals surface area contributed by atoms with Crippen molar-refractivity contribution in [2.24, 2.45) is 0 Å². The first-order valence-corrected chi connectivity index (χ1v) is 5.87. The Morgan fingerprint density at radius 3 is 2.59 bits per heavy atom. The van der Waals surface area contributed by atoms with Gasteiger partial charge in [0, 0.05) is 10.9 Å². The molecule has 0 aliphatic carbocycles. The van der Waals surface area contributed by atoms with E-state index in [1.807, 2.05) is 30.3 Å². The van der Waals surface area contributed by atoms with E-state index in [4.69, 9.17) is 5.11 Å². The van der Waals surface area contributed by atoms with Gasteiger partial charge in [-0.25, -0.2) is 9.78 Å². The fourth-order valence-corrected chi connectivity index (χ4v) is 2.21. The number of benzene rings is 1. The van der Waals surface area contributed by atoms with Crippen molar-refractivity contribution >= 4 is 17.3 Å². The summed E-state index contributed by atoms with van der Waals surface area (Å²) in [5.41, 5.74) is -0.360. The SMILES string of the molecule is C[C@](O)(C(=O)O)c1nc(-c2ccccc2)cs1. The lowest BCUT2D eigenvalue weighted by Gasteiger charge is -2.13. The summed E-state index contributed by atoms with van der Waals surface area (Å²) in [6.45, 7) is 1.23. The number of aromatic nitrogens is 1. The maximum atomic E-state index is 10.9. The van der Waals surface area contributed by atoms with Crippen LogP contribution in [0.15, 0.2) is 35.7 Å². The molecule has 0 saturated carbocycles. The third-order valence-corrected chi connectivity index (χ3v) is 3.46. The molecule has 0 spiro atoms. The summed E-state index contributed by atoms with van der Waals surface area (Å²) in [4.78, 5) is 15.0. The summed E-state index contributed by atoms with van der Waals surface area (Å²) in [6, 6.07) is 9.42. The van der Waals surface area contributed by atoms with Gasteiger partial charge in [0.05, 0.1) is 5.69 Å².